The summed E-state index contributed by atoms with van der Waals surface area (Å²) in [7, 11) is 1.57. The van der Waals surface area contributed by atoms with E-state index in [0.717, 1.165) is 5.75 Å². The number of methoxy groups -OCH3 is 1. The highest BCUT2D eigenvalue weighted by Gasteiger charge is 2.08. The van der Waals surface area contributed by atoms with E-state index in [2.05, 4.69) is 5.48 Å². The standard InChI is InChI=1S/C20H23NO5/c1-24-17-12-10-16(11-13-17)19(22)8-5-9-20(23)21-26-15-14-25-18-6-3-2-4-7-18/h2-4,6-7,10-13H,5,8-9,14-15H2,1H3,(H,21,23). The van der Waals surface area contributed by atoms with Gasteiger partial charge in [-0.2, -0.15) is 0 Å². The van der Waals surface area contributed by atoms with E-state index in [1.165, 1.54) is 0 Å². The fraction of sp³-hybridized carbons (Fsp3) is 0.300. The Kier molecular flexibility index (Phi) is 8.15. The predicted octanol–water partition coefficient (Wildman–Crippen LogP) is 3.18. The second-order valence-corrected chi connectivity index (χ2v) is 5.54. The molecular formula is C20H23NO5. The average Bonchev–Trinajstić information content (AvgIpc) is 2.68. The lowest BCUT2D eigenvalue weighted by molar-refractivity contribution is -0.134. The molecule has 138 valence electrons. The van der Waals surface area contributed by atoms with E-state index in [4.69, 9.17) is 14.3 Å². The Morgan fingerprint density at radius 3 is 2.31 bits per heavy atom. The third-order valence-electron chi connectivity index (χ3n) is 3.60. The van der Waals surface area contributed by atoms with Gasteiger partial charge in [0.1, 0.15) is 24.7 Å². The highest BCUT2D eigenvalue weighted by Crippen LogP contribution is 2.13. The molecule has 0 atom stereocenters. The Bertz CT molecular complexity index is 685. The molecule has 0 heterocycles. The number of nitrogens with one attached hydrogen (secondary N) is 1. The van der Waals surface area contributed by atoms with Gasteiger partial charge in [0.25, 0.3) is 0 Å². The van der Waals surface area contributed by atoms with Crippen LogP contribution >= 0.6 is 0 Å². The van der Waals surface area contributed by atoms with Crippen molar-refractivity contribution in [2.45, 2.75) is 19.3 Å². The number of ether oxygens (including phenoxy) is 2. The van der Waals surface area contributed by atoms with Crippen molar-refractivity contribution in [1.29, 1.82) is 0 Å². The molecule has 0 radical (unpaired) electrons. The SMILES string of the molecule is COc1ccc(C(=O)CCCC(=O)NOCCOc2ccccc2)cc1. The van der Waals surface area contributed by atoms with Crippen molar-refractivity contribution in [3.05, 3.63) is 60.2 Å². The Hall–Kier alpha value is -2.86. The molecule has 0 saturated heterocycles. The van der Waals surface area contributed by atoms with Crippen molar-refractivity contribution >= 4 is 11.7 Å². The molecule has 0 aliphatic heterocycles. The Labute approximate surface area is 153 Å². The van der Waals surface area contributed by atoms with Gasteiger partial charge in [-0.25, -0.2) is 5.48 Å². The van der Waals surface area contributed by atoms with Gasteiger partial charge in [0, 0.05) is 18.4 Å². The molecule has 0 aliphatic rings. The monoisotopic (exact) mass is 357 g/mol. The van der Waals surface area contributed by atoms with E-state index in [-0.39, 0.29) is 24.7 Å². The zero-order valence-corrected chi connectivity index (χ0v) is 14.8. The molecule has 0 saturated carbocycles. The van der Waals surface area contributed by atoms with Gasteiger partial charge in [0.2, 0.25) is 5.91 Å². The molecule has 6 heteroatoms. The van der Waals surface area contributed by atoms with E-state index in [1.54, 1.807) is 31.4 Å². The fourth-order valence-corrected chi connectivity index (χ4v) is 2.23. The molecule has 2 rings (SSSR count). The molecule has 0 fully saturated rings. The Morgan fingerprint density at radius 1 is 0.885 bits per heavy atom. The van der Waals surface area contributed by atoms with Crippen molar-refractivity contribution in [2.75, 3.05) is 20.3 Å². The second-order valence-electron chi connectivity index (χ2n) is 5.54. The number of hydrogen-bond acceptors (Lipinski definition) is 5. The van der Waals surface area contributed by atoms with Crippen molar-refractivity contribution < 1.29 is 23.9 Å². The topological polar surface area (TPSA) is 73.9 Å². The van der Waals surface area contributed by atoms with Gasteiger partial charge in [-0.3, -0.25) is 14.4 Å². The molecule has 0 spiro atoms. The predicted molar refractivity (Wildman–Crippen MR) is 97.2 cm³/mol. The van der Waals surface area contributed by atoms with E-state index in [0.29, 0.717) is 30.8 Å². The van der Waals surface area contributed by atoms with Crippen molar-refractivity contribution in [3.63, 3.8) is 0 Å². The van der Waals surface area contributed by atoms with Gasteiger partial charge < -0.3 is 9.47 Å². The van der Waals surface area contributed by atoms with Gasteiger partial charge in [-0.15, -0.1) is 0 Å². The number of carbonyl (C=O) groups excluding carboxylic acids is 2. The maximum absolute atomic E-state index is 12.0. The number of hydrogen-bond donors (Lipinski definition) is 1. The van der Waals surface area contributed by atoms with Crippen LogP contribution in [-0.2, 0) is 9.63 Å². The highest BCUT2D eigenvalue weighted by molar-refractivity contribution is 5.96. The lowest BCUT2D eigenvalue weighted by atomic mass is 10.1. The van der Waals surface area contributed by atoms with Crippen LogP contribution in [0, 0.1) is 0 Å². The molecular weight excluding hydrogens is 334 g/mol. The normalized spacial score (nSPS) is 10.2. The summed E-state index contributed by atoms with van der Waals surface area (Å²) in [5, 5.41) is 0. The summed E-state index contributed by atoms with van der Waals surface area (Å²) < 4.78 is 10.5. The Morgan fingerprint density at radius 2 is 1.62 bits per heavy atom. The first-order valence-electron chi connectivity index (χ1n) is 8.45. The first-order chi connectivity index (χ1) is 12.7. The second kappa shape index (κ2) is 10.9. The summed E-state index contributed by atoms with van der Waals surface area (Å²) in [6.45, 7) is 0.575. The number of amides is 1. The number of benzene rings is 2. The molecule has 26 heavy (non-hydrogen) atoms. The van der Waals surface area contributed by atoms with Crippen LogP contribution in [0.1, 0.15) is 29.6 Å². The molecule has 2 aromatic rings. The minimum absolute atomic E-state index is 0.00219. The molecule has 0 unspecified atom stereocenters. The van der Waals surface area contributed by atoms with Gasteiger partial charge in [0.15, 0.2) is 5.78 Å². The summed E-state index contributed by atoms with van der Waals surface area (Å²) in [4.78, 5) is 28.8. The molecule has 1 amide bonds. The first kappa shape index (κ1) is 19.5. The maximum atomic E-state index is 12.0. The number of ketones is 1. The molecule has 6 nitrogen and oxygen atoms in total. The zero-order valence-electron chi connectivity index (χ0n) is 14.8. The van der Waals surface area contributed by atoms with Gasteiger partial charge in [-0.1, -0.05) is 18.2 Å². The minimum atomic E-state index is -0.257. The van der Waals surface area contributed by atoms with E-state index >= 15 is 0 Å². The molecule has 1 N–H and O–H groups in total. The quantitative estimate of drug-likeness (QED) is 0.380. The Balaban J connectivity index is 1.54. The summed E-state index contributed by atoms with van der Waals surface area (Å²) in [5.74, 6) is 1.19. The van der Waals surface area contributed by atoms with Crippen LogP contribution in [0.15, 0.2) is 54.6 Å². The molecule has 2 aromatic carbocycles. The summed E-state index contributed by atoms with van der Waals surface area (Å²) in [5.41, 5.74) is 2.96. The third-order valence-corrected chi connectivity index (χ3v) is 3.60. The number of Topliss-reactive ketones (excluding diaryl/α,β-unsaturated/α-hetero) is 1. The summed E-state index contributed by atoms with van der Waals surface area (Å²) in [6, 6.07) is 16.3. The molecule has 0 aliphatic carbocycles. The maximum Gasteiger partial charge on any atom is 0.243 e. The van der Waals surface area contributed by atoms with Crippen LogP contribution < -0.4 is 15.0 Å². The highest BCUT2D eigenvalue weighted by atomic mass is 16.7. The van der Waals surface area contributed by atoms with E-state index in [1.807, 2.05) is 30.3 Å². The van der Waals surface area contributed by atoms with Crippen LogP contribution in [0.5, 0.6) is 11.5 Å². The van der Waals surface area contributed by atoms with Crippen molar-refractivity contribution in [2.24, 2.45) is 0 Å². The lowest BCUT2D eigenvalue weighted by Gasteiger charge is -2.08. The minimum Gasteiger partial charge on any atom is -0.497 e. The fourth-order valence-electron chi connectivity index (χ4n) is 2.23. The van der Waals surface area contributed by atoms with Gasteiger partial charge >= 0.3 is 0 Å². The third kappa shape index (κ3) is 6.94. The van der Waals surface area contributed by atoms with E-state index in [9.17, 15) is 9.59 Å². The summed E-state index contributed by atoms with van der Waals surface area (Å²) in [6.07, 6.45) is 0.985. The average molecular weight is 357 g/mol. The van der Waals surface area contributed by atoms with Crippen LogP contribution in [0.4, 0.5) is 0 Å². The summed E-state index contributed by atoms with van der Waals surface area (Å²) >= 11 is 0. The van der Waals surface area contributed by atoms with Crippen LogP contribution in [0.2, 0.25) is 0 Å². The zero-order chi connectivity index (χ0) is 18.6. The van der Waals surface area contributed by atoms with Crippen molar-refractivity contribution in [1.82, 2.24) is 5.48 Å². The molecule has 0 aromatic heterocycles. The van der Waals surface area contributed by atoms with Gasteiger partial charge in [-0.05, 0) is 42.8 Å². The number of para-hydroxylation sites is 1. The number of rotatable bonds is 11. The lowest BCUT2D eigenvalue weighted by Crippen LogP contribution is -2.25. The van der Waals surface area contributed by atoms with Crippen molar-refractivity contribution in [3.8, 4) is 11.5 Å². The largest absolute Gasteiger partial charge is 0.497 e. The number of hydroxylamine groups is 1. The smallest absolute Gasteiger partial charge is 0.243 e. The van der Waals surface area contributed by atoms with E-state index < -0.39 is 0 Å². The van der Waals surface area contributed by atoms with Crippen LogP contribution in [-0.4, -0.2) is 32.0 Å². The first-order valence-corrected chi connectivity index (χ1v) is 8.45. The number of carbonyl (C=O) groups is 2. The molecule has 0 bridgehead atoms. The van der Waals surface area contributed by atoms with Crippen LogP contribution in [0.3, 0.4) is 0 Å². The van der Waals surface area contributed by atoms with Gasteiger partial charge in [0.05, 0.1) is 7.11 Å². The van der Waals surface area contributed by atoms with Crippen LogP contribution in [0.25, 0.3) is 0 Å².